The van der Waals surface area contributed by atoms with Gasteiger partial charge in [-0.05, 0) is 75.6 Å². The van der Waals surface area contributed by atoms with Gasteiger partial charge in [-0.25, -0.2) is 8.78 Å². The highest BCUT2D eigenvalue weighted by atomic mass is 19.2. The summed E-state index contributed by atoms with van der Waals surface area (Å²) in [5.74, 6) is -2.03. The highest BCUT2D eigenvalue weighted by molar-refractivity contribution is 5.84. The summed E-state index contributed by atoms with van der Waals surface area (Å²) in [6.07, 6.45) is 1.76. The molecule has 7 heteroatoms. The lowest BCUT2D eigenvalue weighted by Crippen LogP contribution is -2.44. The summed E-state index contributed by atoms with van der Waals surface area (Å²) < 4.78 is 28.0. The summed E-state index contributed by atoms with van der Waals surface area (Å²) in [6, 6.07) is 8.56. The van der Waals surface area contributed by atoms with Crippen molar-refractivity contribution in [2.45, 2.75) is 38.8 Å². The Hall–Kier alpha value is -2.67. The number of halogens is 2. The van der Waals surface area contributed by atoms with E-state index in [1.807, 2.05) is 13.8 Å². The number of amides is 1. The zero-order valence-electron chi connectivity index (χ0n) is 17.7. The van der Waals surface area contributed by atoms with Crippen molar-refractivity contribution in [1.82, 2.24) is 10.2 Å². The van der Waals surface area contributed by atoms with Crippen LogP contribution in [0.4, 0.5) is 8.78 Å². The van der Waals surface area contributed by atoms with Gasteiger partial charge in [-0.3, -0.25) is 4.79 Å². The van der Waals surface area contributed by atoms with Gasteiger partial charge in [0.1, 0.15) is 0 Å². The smallest absolute Gasteiger partial charge is 0.251 e. The lowest BCUT2D eigenvalue weighted by Gasteiger charge is -2.30. The highest BCUT2D eigenvalue weighted by Gasteiger charge is 2.27. The Balaban J connectivity index is 1.92. The van der Waals surface area contributed by atoms with Gasteiger partial charge in [0.25, 0.3) is 5.91 Å². The number of aryl methyl sites for hydroxylation is 1. The van der Waals surface area contributed by atoms with Gasteiger partial charge in [0.05, 0.1) is 6.54 Å². The third-order valence-corrected chi connectivity index (χ3v) is 5.49. The van der Waals surface area contributed by atoms with E-state index < -0.39 is 17.7 Å². The molecule has 1 amide bonds. The number of rotatable bonds is 6. The maximum Gasteiger partial charge on any atom is 0.251 e. The third kappa shape index (κ3) is 5.08. The number of azo groups is 1. The minimum absolute atomic E-state index is 0.0946. The van der Waals surface area contributed by atoms with E-state index in [0.29, 0.717) is 17.7 Å². The molecular weight excluding hydrogens is 386 g/mol. The van der Waals surface area contributed by atoms with Gasteiger partial charge in [-0.15, -0.1) is 0 Å². The molecule has 1 heterocycles. The van der Waals surface area contributed by atoms with E-state index in [-0.39, 0.29) is 17.5 Å². The fourth-order valence-corrected chi connectivity index (χ4v) is 3.68. The van der Waals surface area contributed by atoms with E-state index >= 15 is 0 Å². The van der Waals surface area contributed by atoms with Crippen LogP contribution in [-0.4, -0.2) is 43.5 Å². The van der Waals surface area contributed by atoms with Crippen molar-refractivity contribution in [3.63, 3.8) is 0 Å². The topological polar surface area (TPSA) is 57.1 Å². The number of nitrogens with one attached hydrogen (secondary N) is 1. The largest absolute Gasteiger partial charge is 0.351 e. The average Bonchev–Trinajstić information content (AvgIpc) is 2.73. The normalized spacial score (nSPS) is 16.7. The SMILES string of the molecule is CCN=NC(C(=O)NC1CCN(C)CC1)c1cc(-c2cccc(F)c2F)ccc1C. The molecule has 1 aliphatic rings. The first-order valence-corrected chi connectivity index (χ1v) is 10.3. The molecule has 0 aliphatic carbocycles. The zero-order valence-corrected chi connectivity index (χ0v) is 17.7. The fraction of sp³-hybridized carbons (Fsp3) is 0.435. The third-order valence-electron chi connectivity index (χ3n) is 5.49. The molecule has 2 aromatic carbocycles. The van der Waals surface area contributed by atoms with Crippen molar-refractivity contribution in [2.24, 2.45) is 10.2 Å². The molecule has 30 heavy (non-hydrogen) atoms. The van der Waals surface area contributed by atoms with Crippen LogP contribution in [0.2, 0.25) is 0 Å². The molecule has 2 aromatic rings. The number of piperidine rings is 1. The maximum atomic E-state index is 14.3. The first-order chi connectivity index (χ1) is 14.4. The molecule has 1 atom stereocenters. The molecule has 0 spiro atoms. The summed E-state index contributed by atoms with van der Waals surface area (Å²) in [5, 5.41) is 11.4. The molecule has 1 saturated heterocycles. The Labute approximate surface area is 176 Å². The van der Waals surface area contributed by atoms with Crippen LogP contribution in [0, 0.1) is 18.6 Å². The standard InChI is InChI=1S/C23H28F2N4O/c1-4-26-28-22(23(30)27-17-10-12-29(3)13-11-17)19-14-16(9-8-15(19)2)18-6-5-7-20(24)21(18)25/h5-9,14,17,22H,4,10-13H2,1-3H3,(H,27,30). The van der Waals surface area contributed by atoms with Crippen LogP contribution in [-0.2, 0) is 4.79 Å². The lowest BCUT2D eigenvalue weighted by atomic mass is 9.94. The van der Waals surface area contributed by atoms with Gasteiger partial charge in [0.15, 0.2) is 17.7 Å². The zero-order chi connectivity index (χ0) is 21.7. The Morgan fingerprint density at radius 3 is 2.67 bits per heavy atom. The van der Waals surface area contributed by atoms with Gasteiger partial charge in [0.2, 0.25) is 0 Å². The Kier molecular flexibility index (Phi) is 7.26. The molecule has 1 fully saturated rings. The minimum atomic E-state index is -0.908. The number of nitrogens with zero attached hydrogens (tertiary/aromatic N) is 3. The van der Waals surface area contributed by atoms with Gasteiger partial charge < -0.3 is 10.2 Å². The molecule has 1 unspecified atom stereocenters. The summed E-state index contributed by atoms with van der Waals surface area (Å²) in [6.45, 7) is 6.04. The molecular formula is C23H28F2N4O. The fourth-order valence-electron chi connectivity index (χ4n) is 3.68. The van der Waals surface area contributed by atoms with Crippen molar-refractivity contribution in [2.75, 3.05) is 26.7 Å². The number of likely N-dealkylation sites (tertiary alicyclic amines) is 1. The molecule has 160 valence electrons. The first kappa shape index (κ1) is 22.0. The van der Waals surface area contributed by atoms with E-state index in [4.69, 9.17) is 0 Å². The van der Waals surface area contributed by atoms with Crippen LogP contribution in [0.3, 0.4) is 0 Å². The predicted octanol–water partition coefficient (Wildman–Crippen LogP) is 4.66. The van der Waals surface area contributed by atoms with Crippen LogP contribution in [0.15, 0.2) is 46.6 Å². The predicted molar refractivity (Wildman–Crippen MR) is 113 cm³/mol. The van der Waals surface area contributed by atoms with Crippen LogP contribution in [0.25, 0.3) is 11.1 Å². The average molecular weight is 415 g/mol. The summed E-state index contributed by atoms with van der Waals surface area (Å²) in [4.78, 5) is 15.3. The van der Waals surface area contributed by atoms with Gasteiger partial charge in [0, 0.05) is 11.6 Å². The van der Waals surface area contributed by atoms with Crippen LogP contribution in [0.5, 0.6) is 0 Å². The van der Waals surface area contributed by atoms with Crippen molar-refractivity contribution in [3.05, 3.63) is 59.2 Å². The summed E-state index contributed by atoms with van der Waals surface area (Å²) >= 11 is 0. The molecule has 3 rings (SSSR count). The molecule has 1 N–H and O–H groups in total. The Morgan fingerprint density at radius 2 is 1.97 bits per heavy atom. The van der Waals surface area contributed by atoms with Crippen LogP contribution < -0.4 is 5.32 Å². The van der Waals surface area contributed by atoms with Gasteiger partial charge in [-0.2, -0.15) is 10.2 Å². The monoisotopic (exact) mass is 414 g/mol. The summed E-state index contributed by atoms with van der Waals surface area (Å²) in [5.41, 5.74) is 2.13. The van der Waals surface area contributed by atoms with E-state index in [1.165, 1.54) is 12.1 Å². The van der Waals surface area contributed by atoms with E-state index in [9.17, 15) is 13.6 Å². The molecule has 0 aromatic heterocycles. The molecule has 1 aliphatic heterocycles. The number of benzene rings is 2. The quantitative estimate of drug-likeness (QED) is 0.699. The summed E-state index contributed by atoms with van der Waals surface area (Å²) in [7, 11) is 2.07. The number of carbonyl (C=O) groups excluding carboxylic acids is 1. The van der Waals surface area contributed by atoms with Crippen molar-refractivity contribution in [1.29, 1.82) is 0 Å². The molecule has 0 saturated carbocycles. The van der Waals surface area contributed by atoms with E-state index in [0.717, 1.165) is 37.6 Å². The number of hydrogen-bond donors (Lipinski definition) is 1. The van der Waals surface area contributed by atoms with Crippen molar-refractivity contribution >= 4 is 5.91 Å². The second kappa shape index (κ2) is 9.89. The number of carbonyl (C=O) groups is 1. The molecule has 0 bridgehead atoms. The first-order valence-electron chi connectivity index (χ1n) is 10.3. The minimum Gasteiger partial charge on any atom is -0.351 e. The molecule has 5 nitrogen and oxygen atoms in total. The van der Waals surface area contributed by atoms with Crippen molar-refractivity contribution in [3.8, 4) is 11.1 Å². The molecule has 0 radical (unpaired) electrons. The Morgan fingerprint density at radius 1 is 1.23 bits per heavy atom. The van der Waals surface area contributed by atoms with Gasteiger partial charge >= 0.3 is 0 Å². The number of hydrogen-bond acceptors (Lipinski definition) is 4. The van der Waals surface area contributed by atoms with E-state index in [1.54, 1.807) is 18.2 Å². The van der Waals surface area contributed by atoms with Crippen molar-refractivity contribution < 1.29 is 13.6 Å². The van der Waals surface area contributed by atoms with Crippen LogP contribution in [0.1, 0.15) is 36.9 Å². The maximum absolute atomic E-state index is 14.3. The van der Waals surface area contributed by atoms with Crippen LogP contribution >= 0.6 is 0 Å². The van der Waals surface area contributed by atoms with E-state index in [2.05, 4.69) is 27.5 Å². The second-order valence-corrected chi connectivity index (χ2v) is 7.73. The lowest BCUT2D eigenvalue weighted by molar-refractivity contribution is -0.123. The van der Waals surface area contributed by atoms with Gasteiger partial charge in [-0.1, -0.05) is 24.3 Å². The Bertz CT molecular complexity index is 923. The second-order valence-electron chi connectivity index (χ2n) is 7.73. The highest BCUT2D eigenvalue weighted by Crippen LogP contribution is 2.31.